The molecule has 0 atom stereocenters. The highest BCUT2D eigenvalue weighted by Crippen LogP contribution is 2.24. The highest BCUT2D eigenvalue weighted by molar-refractivity contribution is 14.0. The molecule has 0 aliphatic heterocycles. The molecule has 0 spiro atoms. The van der Waals surface area contributed by atoms with Gasteiger partial charge in [-0.2, -0.15) is 0 Å². The molecule has 18 heavy (non-hydrogen) atoms. The fourth-order valence-electron chi connectivity index (χ4n) is 1.19. The Hall–Kier alpha value is -0.500. The van der Waals surface area contributed by atoms with Crippen LogP contribution in [0, 0.1) is 5.92 Å². The number of hydrogen-bond donors (Lipinski definition) is 3. The third-order valence-corrected chi connectivity index (χ3v) is 2.77. The van der Waals surface area contributed by atoms with Crippen molar-refractivity contribution in [1.29, 1.82) is 0 Å². The zero-order valence-electron chi connectivity index (χ0n) is 10.5. The third-order valence-electron chi connectivity index (χ3n) is 2.14. The molecule has 0 heterocycles. The van der Waals surface area contributed by atoms with E-state index in [2.05, 4.69) is 40.1 Å². The lowest BCUT2D eigenvalue weighted by atomic mass is 10.2. The monoisotopic (exact) mass is 427 g/mol. The number of aromatic hydroxyl groups is 1. The van der Waals surface area contributed by atoms with Crippen LogP contribution in [0.2, 0.25) is 0 Å². The molecule has 0 aliphatic rings. The van der Waals surface area contributed by atoms with Crippen LogP contribution in [0.25, 0.3) is 0 Å². The highest BCUT2D eigenvalue weighted by Gasteiger charge is 1.99. The second-order valence-corrected chi connectivity index (χ2v) is 5.12. The van der Waals surface area contributed by atoms with Crippen molar-refractivity contribution in [1.82, 2.24) is 5.32 Å². The normalized spacial score (nSPS) is 11.2. The van der Waals surface area contributed by atoms with E-state index in [1.165, 1.54) is 0 Å². The Morgan fingerprint density at radius 2 is 2.17 bits per heavy atom. The Balaban J connectivity index is 0.00000289. The van der Waals surface area contributed by atoms with Crippen molar-refractivity contribution < 1.29 is 5.11 Å². The Morgan fingerprint density at radius 1 is 1.50 bits per heavy atom. The molecule has 0 saturated carbocycles. The van der Waals surface area contributed by atoms with Gasteiger partial charge in [0.2, 0.25) is 0 Å². The predicted molar refractivity (Wildman–Crippen MR) is 89.4 cm³/mol. The average Bonchev–Trinajstić information content (AvgIpc) is 2.28. The van der Waals surface area contributed by atoms with Crippen LogP contribution in [0.3, 0.4) is 0 Å². The molecule has 0 unspecified atom stereocenters. The van der Waals surface area contributed by atoms with Crippen LogP contribution >= 0.6 is 39.9 Å². The van der Waals surface area contributed by atoms with E-state index < -0.39 is 0 Å². The molecule has 0 aliphatic carbocycles. The number of phenols is 1. The molecule has 102 valence electrons. The lowest BCUT2D eigenvalue weighted by molar-refractivity contribution is 0.471. The summed E-state index contributed by atoms with van der Waals surface area (Å²) in [6.45, 7) is 5.53. The Kier molecular flexibility index (Phi) is 8.34. The number of nitrogens with two attached hydrogens (primary N) is 1. The molecule has 6 heteroatoms. The number of nitrogens with one attached hydrogen (secondary N) is 1. The maximum Gasteiger partial charge on any atom is 0.188 e. The summed E-state index contributed by atoms with van der Waals surface area (Å²) in [5.41, 5.74) is 6.71. The Morgan fingerprint density at radius 3 is 2.72 bits per heavy atom. The first-order valence-electron chi connectivity index (χ1n) is 5.50. The molecule has 1 rings (SSSR count). The minimum atomic E-state index is 0. The van der Waals surface area contributed by atoms with Crippen LogP contribution in [-0.4, -0.2) is 17.6 Å². The van der Waals surface area contributed by atoms with Gasteiger partial charge in [-0.1, -0.05) is 19.9 Å². The molecule has 0 bridgehead atoms. The van der Waals surface area contributed by atoms with E-state index in [9.17, 15) is 5.11 Å². The zero-order valence-corrected chi connectivity index (χ0v) is 14.4. The van der Waals surface area contributed by atoms with Crippen LogP contribution in [0.15, 0.2) is 27.7 Å². The lowest BCUT2D eigenvalue weighted by Gasteiger charge is -2.08. The van der Waals surface area contributed by atoms with E-state index in [0.717, 1.165) is 12.1 Å². The van der Waals surface area contributed by atoms with Gasteiger partial charge in [0.15, 0.2) is 5.96 Å². The molecule has 1 aromatic carbocycles. The first-order chi connectivity index (χ1) is 7.99. The summed E-state index contributed by atoms with van der Waals surface area (Å²) in [5, 5.41) is 12.4. The van der Waals surface area contributed by atoms with E-state index in [0.29, 0.717) is 22.9 Å². The molecule has 0 amide bonds. The summed E-state index contributed by atoms with van der Waals surface area (Å²) in [7, 11) is 0. The summed E-state index contributed by atoms with van der Waals surface area (Å²) in [6, 6.07) is 5.28. The molecular weight excluding hydrogens is 409 g/mol. The van der Waals surface area contributed by atoms with Gasteiger partial charge in [-0.05, 0) is 39.5 Å². The SMILES string of the molecule is CC(C)CNC(N)=NCc1ccc(O)c(Br)c1.I. The van der Waals surface area contributed by atoms with Crippen molar-refractivity contribution in [3.8, 4) is 5.75 Å². The third kappa shape index (κ3) is 6.44. The zero-order chi connectivity index (χ0) is 12.8. The minimum absolute atomic E-state index is 0. The molecular formula is C12H19BrIN3O. The Labute approximate surface area is 133 Å². The largest absolute Gasteiger partial charge is 0.507 e. The summed E-state index contributed by atoms with van der Waals surface area (Å²) in [4.78, 5) is 4.22. The summed E-state index contributed by atoms with van der Waals surface area (Å²) < 4.78 is 0.666. The fourth-order valence-corrected chi connectivity index (χ4v) is 1.62. The minimum Gasteiger partial charge on any atom is -0.507 e. The molecule has 4 nitrogen and oxygen atoms in total. The van der Waals surface area contributed by atoms with Crippen LogP contribution in [0.5, 0.6) is 5.75 Å². The van der Waals surface area contributed by atoms with Crippen LogP contribution in [0.4, 0.5) is 0 Å². The van der Waals surface area contributed by atoms with Gasteiger partial charge in [-0.25, -0.2) is 4.99 Å². The summed E-state index contributed by atoms with van der Waals surface area (Å²) in [5.74, 6) is 1.21. The van der Waals surface area contributed by atoms with E-state index in [1.54, 1.807) is 6.07 Å². The first-order valence-corrected chi connectivity index (χ1v) is 6.29. The molecule has 0 saturated heterocycles. The maximum atomic E-state index is 9.35. The van der Waals surface area contributed by atoms with Crippen molar-refractivity contribution in [2.45, 2.75) is 20.4 Å². The molecule has 0 fully saturated rings. The number of phenolic OH excluding ortho intramolecular Hbond substituents is 1. The van der Waals surface area contributed by atoms with Crippen LogP contribution in [0.1, 0.15) is 19.4 Å². The lowest BCUT2D eigenvalue weighted by Crippen LogP contribution is -2.34. The Bertz CT molecular complexity index is 410. The highest BCUT2D eigenvalue weighted by atomic mass is 127. The van der Waals surface area contributed by atoms with E-state index >= 15 is 0 Å². The van der Waals surface area contributed by atoms with Crippen LogP contribution in [-0.2, 0) is 6.54 Å². The summed E-state index contributed by atoms with van der Waals surface area (Å²) in [6.07, 6.45) is 0. The molecule has 1 aromatic rings. The number of nitrogens with zero attached hydrogens (tertiary/aromatic N) is 1. The molecule has 0 aromatic heterocycles. The number of aliphatic imine (C=N–C) groups is 1. The van der Waals surface area contributed by atoms with Gasteiger partial charge in [0.1, 0.15) is 5.75 Å². The van der Waals surface area contributed by atoms with Crippen molar-refractivity contribution in [3.63, 3.8) is 0 Å². The standard InChI is InChI=1S/C12H18BrN3O.HI/c1-8(2)6-15-12(14)16-7-9-3-4-11(17)10(13)5-9;/h3-5,8,17H,6-7H2,1-2H3,(H3,14,15,16);1H. The van der Waals surface area contributed by atoms with E-state index in [1.807, 2.05) is 12.1 Å². The second kappa shape index (κ2) is 8.58. The number of guanidine groups is 1. The number of rotatable bonds is 4. The van der Waals surface area contributed by atoms with Gasteiger partial charge in [0, 0.05) is 6.54 Å². The predicted octanol–water partition coefficient (Wildman–Crippen LogP) is 2.83. The van der Waals surface area contributed by atoms with E-state index in [4.69, 9.17) is 5.73 Å². The number of benzene rings is 1. The summed E-state index contributed by atoms with van der Waals surface area (Å²) >= 11 is 3.26. The van der Waals surface area contributed by atoms with Crippen molar-refractivity contribution in [2.75, 3.05) is 6.54 Å². The van der Waals surface area contributed by atoms with Crippen molar-refractivity contribution >= 4 is 45.9 Å². The van der Waals surface area contributed by atoms with Gasteiger partial charge < -0.3 is 16.2 Å². The topological polar surface area (TPSA) is 70.6 Å². The molecule has 0 radical (unpaired) electrons. The molecule has 4 N–H and O–H groups in total. The fraction of sp³-hybridized carbons (Fsp3) is 0.417. The van der Waals surface area contributed by atoms with Crippen molar-refractivity contribution in [3.05, 3.63) is 28.2 Å². The quantitative estimate of drug-likeness (QED) is 0.393. The van der Waals surface area contributed by atoms with E-state index in [-0.39, 0.29) is 29.7 Å². The van der Waals surface area contributed by atoms with Gasteiger partial charge >= 0.3 is 0 Å². The first kappa shape index (κ1) is 17.5. The van der Waals surface area contributed by atoms with Gasteiger partial charge in [-0.3, -0.25) is 0 Å². The number of halogens is 2. The number of hydrogen-bond acceptors (Lipinski definition) is 2. The van der Waals surface area contributed by atoms with Gasteiger partial charge in [-0.15, -0.1) is 24.0 Å². The maximum absolute atomic E-state index is 9.35. The average molecular weight is 428 g/mol. The van der Waals surface area contributed by atoms with Crippen LogP contribution < -0.4 is 11.1 Å². The second-order valence-electron chi connectivity index (χ2n) is 4.26. The van der Waals surface area contributed by atoms with Gasteiger partial charge in [0.05, 0.1) is 11.0 Å². The van der Waals surface area contributed by atoms with Crippen molar-refractivity contribution in [2.24, 2.45) is 16.6 Å². The smallest absolute Gasteiger partial charge is 0.188 e. The van der Waals surface area contributed by atoms with Gasteiger partial charge in [0.25, 0.3) is 0 Å².